The van der Waals surface area contributed by atoms with E-state index in [2.05, 4.69) is 21.2 Å². The number of halogens is 1. The number of hydrogen-bond acceptors (Lipinski definition) is 2. The third-order valence-electron chi connectivity index (χ3n) is 2.06. The molecule has 0 aliphatic carbocycles. The van der Waals surface area contributed by atoms with Gasteiger partial charge in [0.1, 0.15) is 0 Å². The Balaban J connectivity index is 2.58. The maximum absolute atomic E-state index is 9.09. The van der Waals surface area contributed by atoms with Gasteiger partial charge in [0.05, 0.1) is 0 Å². The minimum Gasteiger partial charge on any atom is -0.396 e. The lowest BCUT2D eigenvalue weighted by molar-refractivity contribution is 0.171. The van der Waals surface area contributed by atoms with Gasteiger partial charge in [-0.3, -0.25) is 0 Å². The van der Waals surface area contributed by atoms with Crippen LogP contribution in [0.3, 0.4) is 0 Å². The summed E-state index contributed by atoms with van der Waals surface area (Å²) in [5.41, 5.74) is 0.976. The van der Waals surface area contributed by atoms with Gasteiger partial charge in [-0.25, -0.2) is 0 Å². The average Bonchev–Trinajstić information content (AvgIpc) is 2.17. The predicted molar refractivity (Wildman–Crippen MR) is 63.5 cm³/mol. The van der Waals surface area contributed by atoms with Gasteiger partial charge in [0.25, 0.3) is 0 Å². The van der Waals surface area contributed by atoms with Gasteiger partial charge in [0.15, 0.2) is 0 Å². The van der Waals surface area contributed by atoms with Crippen molar-refractivity contribution in [3.63, 3.8) is 0 Å². The fourth-order valence-corrected chi connectivity index (χ4v) is 1.42. The predicted octanol–water partition coefficient (Wildman–Crippen LogP) is 2.88. The maximum Gasteiger partial charge on any atom is 0.0498 e. The first-order chi connectivity index (χ1) is 6.55. The van der Waals surface area contributed by atoms with Gasteiger partial charge >= 0.3 is 0 Å². The molecule has 0 saturated carbocycles. The van der Waals surface area contributed by atoms with Gasteiger partial charge in [-0.15, -0.1) is 0 Å². The molecule has 0 bridgehead atoms. The van der Waals surface area contributed by atoms with Crippen LogP contribution in [0.25, 0.3) is 0 Å². The number of aliphatic hydroxyl groups is 1. The Kier molecular flexibility index (Phi) is 3.96. The summed E-state index contributed by atoms with van der Waals surface area (Å²) in [6, 6.07) is 7.97. The van der Waals surface area contributed by atoms with E-state index >= 15 is 0 Å². The molecule has 0 aliphatic heterocycles. The van der Waals surface area contributed by atoms with Crippen molar-refractivity contribution in [1.82, 2.24) is 0 Å². The summed E-state index contributed by atoms with van der Waals surface area (Å²) in [6.07, 6.45) is 0. The lowest BCUT2D eigenvalue weighted by atomic mass is 9.95. The molecule has 14 heavy (non-hydrogen) atoms. The standard InChI is InChI=1S/C11H16BrNO/c1-11(2,8-14)7-13-10-6-4-3-5-9(10)12/h3-6,13-14H,7-8H2,1-2H3. The highest BCUT2D eigenvalue weighted by Gasteiger charge is 2.16. The zero-order valence-corrected chi connectivity index (χ0v) is 10.1. The van der Waals surface area contributed by atoms with Crippen LogP contribution >= 0.6 is 15.9 Å². The second kappa shape index (κ2) is 4.80. The van der Waals surface area contributed by atoms with Gasteiger partial charge in [0.2, 0.25) is 0 Å². The molecule has 0 atom stereocenters. The highest BCUT2D eigenvalue weighted by atomic mass is 79.9. The van der Waals surface area contributed by atoms with Crippen molar-refractivity contribution < 1.29 is 5.11 Å². The van der Waals surface area contributed by atoms with Crippen molar-refractivity contribution in [2.75, 3.05) is 18.5 Å². The van der Waals surface area contributed by atoms with Crippen LogP contribution in [0.2, 0.25) is 0 Å². The van der Waals surface area contributed by atoms with E-state index in [1.165, 1.54) is 0 Å². The smallest absolute Gasteiger partial charge is 0.0498 e. The highest BCUT2D eigenvalue weighted by Crippen LogP contribution is 2.23. The summed E-state index contributed by atoms with van der Waals surface area (Å²) < 4.78 is 1.05. The van der Waals surface area contributed by atoms with Crippen LogP contribution in [-0.2, 0) is 0 Å². The molecule has 0 spiro atoms. The van der Waals surface area contributed by atoms with Crippen LogP contribution < -0.4 is 5.32 Å². The van der Waals surface area contributed by atoms with Crippen LogP contribution in [0.5, 0.6) is 0 Å². The van der Waals surface area contributed by atoms with Crippen molar-refractivity contribution in [1.29, 1.82) is 0 Å². The third kappa shape index (κ3) is 3.31. The number of nitrogens with one attached hydrogen (secondary N) is 1. The van der Waals surface area contributed by atoms with Gasteiger partial charge in [0, 0.05) is 28.7 Å². The van der Waals surface area contributed by atoms with Crippen LogP contribution in [0.15, 0.2) is 28.7 Å². The van der Waals surface area contributed by atoms with Crippen molar-refractivity contribution in [3.05, 3.63) is 28.7 Å². The minimum absolute atomic E-state index is 0.0880. The van der Waals surface area contributed by atoms with E-state index in [0.29, 0.717) is 0 Å². The first-order valence-electron chi connectivity index (χ1n) is 4.64. The number of benzene rings is 1. The zero-order chi connectivity index (χ0) is 10.6. The molecule has 0 radical (unpaired) electrons. The second-order valence-electron chi connectivity index (χ2n) is 4.16. The molecule has 1 aromatic rings. The summed E-state index contributed by atoms with van der Waals surface area (Å²) >= 11 is 3.46. The van der Waals surface area contributed by atoms with E-state index < -0.39 is 0 Å². The van der Waals surface area contributed by atoms with Gasteiger partial charge in [-0.05, 0) is 28.1 Å². The van der Waals surface area contributed by atoms with Gasteiger partial charge < -0.3 is 10.4 Å². The molecule has 0 unspecified atom stereocenters. The van der Waals surface area contributed by atoms with E-state index in [-0.39, 0.29) is 12.0 Å². The number of anilines is 1. The van der Waals surface area contributed by atoms with Crippen molar-refractivity contribution in [2.24, 2.45) is 5.41 Å². The Morgan fingerprint density at radius 1 is 1.36 bits per heavy atom. The monoisotopic (exact) mass is 257 g/mol. The molecule has 2 N–H and O–H groups in total. The maximum atomic E-state index is 9.09. The Bertz CT molecular complexity index is 299. The molecule has 0 fully saturated rings. The lowest BCUT2D eigenvalue weighted by Gasteiger charge is -2.22. The second-order valence-corrected chi connectivity index (χ2v) is 5.01. The molecule has 1 rings (SSSR count). The summed E-state index contributed by atoms with van der Waals surface area (Å²) in [5.74, 6) is 0. The largest absolute Gasteiger partial charge is 0.396 e. The Labute approximate surface area is 93.5 Å². The number of rotatable bonds is 4. The van der Waals surface area contributed by atoms with Gasteiger partial charge in [-0.2, -0.15) is 0 Å². The molecule has 0 heterocycles. The Morgan fingerprint density at radius 2 is 2.00 bits per heavy atom. The molecule has 78 valence electrons. The summed E-state index contributed by atoms with van der Waals surface area (Å²) in [6.45, 7) is 4.99. The Morgan fingerprint density at radius 3 is 2.57 bits per heavy atom. The molecular weight excluding hydrogens is 242 g/mol. The van der Waals surface area contributed by atoms with Crippen molar-refractivity contribution >= 4 is 21.6 Å². The van der Waals surface area contributed by atoms with Crippen LogP contribution in [0.4, 0.5) is 5.69 Å². The number of para-hydroxylation sites is 1. The molecule has 0 aliphatic rings. The lowest BCUT2D eigenvalue weighted by Crippen LogP contribution is -2.26. The van der Waals surface area contributed by atoms with E-state index in [1.54, 1.807) is 0 Å². The summed E-state index contributed by atoms with van der Waals surface area (Å²) in [4.78, 5) is 0. The minimum atomic E-state index is -0.0880. The Hall–Kier alpha value is -0.540. The molecule has 0 aromatic heterocycles. The van der Waals surface area contributed by atoms with E-state index in [4.69, 9.17) is 5.11 Å². The summed E-state index contributed by atoms with van der Waals surface area (Å²) in [7, 11) is 0. The third-order valence-corrected chi connectivity index (χ3v) is 2.75. The van der Waals surface area contributed by atoms with E-state index in [9.17, 15) is 0 Å². The SMILES string of the molecule is CC(C)(CO)CNc1ccccc1Br. The van der Waals surface area contributed by atoms with Crippen molar-refractivity contribution in [2.45, 2.75) is 13.8 Å². The molecule has 2 nitrogen and oxygen atoms in total. The fraction of sp³-hybridized carbons (Fsp3) is 0.455. The van der Waals surface area contributed by atoms with Crippen LogP contribution in [-0.4, -0.2) is 18.3 Å². The number of hydrogen-bond donors (Lipinski definition) is 2. The van der Waals surface area contributed by atoms with Crippen molar-refractivity contribution in [3.8, 4) is 0 Å². The van der Waals surface area contributed by atoms with Crippen LogP contribution in [0.1, 0.15) is 13.8 Å². The normalized spacial score (nSPS) is 11.4. The molecule has 1 aromatic carbocycles. The summed E-state index contributed by atoms with van der Waals surface area (Å²) in [5, 5.41) is 12.4. The van der Waals surface area contributed by atoms with Crippen LogP contribution in [0, 0.1) is 5.41 Å². The molecular formula is C11H16BrNO. The first-order valence-corrected chi connectivity index (χ1v) is 5.44. The van der Waals surface area contributed by atoms with E-state index in [1.807, 2.05) is 38.1 Å². The molecule has 0 amide bonds. The topological polar surface area (TPSA) is 32.3 Å². The molecule has 0 saturated heterocycles. The quantitative estimate of drug-likeness (QED) is 0.870. The van der Waals surface area contributed by atoms with E-state index in [0.717, 1.165) is 16.7 Å². The van der Waals surface area contributed by atoms with Gasteiger partial charge in [-0.1, -0.05) is 26.0 Å². The fourth-order valence-electron chi connectivity index (χ4n) is 0.995. The zero-order valence-electron chi connectivity index (χ0n) is 8.55. The first kappa shape index (κ1) is 11.5. The highest BCUT2D eigenvalue weighted by molar-refractivity contribution is 9.10. The number of aliphatic hydroxyl groups excluding tert-OH is 1. The molecule has 3 heteroatoms. The average molecular weight is 258 g/mol.